The van der Waals surface area contributed by atoms with Crippen LogP contribution in [0.3, 0.4) is 0 Å². The molecule has 0 saturated carbocycles. The van der Waals surface area contributed by atoms with E-state index in [1.165, 1.54) is 5.56 Å². The zero-order valence-corrected chi connectivity index (χ0v) is 9.36. The molecular weight excluding hydrogens is 204 g/mol. The topological polar surface area (TPSA) is 62.2 Å². The van der Waals surface area contributed by atoms with Crippen molar-refractivity contribution in [2.75, 3.05) is 11.9 Å². The summed E-state index contributed by atoms with van der Waals surface area (Å²) in [6.07, 6.45) is 2.71. The number of hydrogen-bond donors (Lipinski definition) is 2. The highest BCUT2D eigenvalue weighted by atomic mass is 16.4. The Labute approximate surface area is 94.7 Å². The molecule has 1 aliphatic rings. The van der Waals surface area contributed by atoms with Gasteiger partial charge in [0.1, 0.15) is 5.82 Å². The molecule has 4 nitrogen and oxygen atoms in total. The Hall–Kier alpha value is -1.58. The normalized spacial score (nSPS) is 16.1. The van der Waals surface area contributed by atoms with E-state index in [-0.39, 0.29) is 0 Å². The summed E-state index contributed by atoms with van der Waals surface area (Å²) in [6, 6.07) is 3.84. The highest BCUT2D eigenvalue weighted by molar-refractivity contribution is 5.75. The molecule has 4 heteroatoms. The van der Waals surface area contributed by atoms with Crippen molar-refractivity contribution in [2.45, 2.75) is 32.1 Å². The number of rotatable bonds is 3. The van der Waals surface area contributed by atoms with Gasteiger partial charge < -0.3 is 10.4 Å². The van der Waals surface area contributed by atoms with E-state index in [1.807, 2.05) is 19.1 Å². The number of fused-ring (bicyclic) bond motifs is 1. The Bertz CT molecular complexity index is 404. The van der Waals surface area contributed by atoms with Gasteiger partial charge in [0.25, 0.3) is 0 Å². The number of carbonyl (C=O) groups is 1. The quantitative estimate of drug-likeness (QED) is 0.818. The van der Waals surface area contributed by atoms with Crippen molar-refractivity contribution in [2.24, 2.45) is 0 Å². The van der Waals surface area contributed by atoms with Crippen LogP contribution in [0.5, 0.6) is 0 Å². The van der Waals surface area contributed by atoms with Crippen molar-refractivity contribution in [3.8, 4) is 0 Å². The summed E-state index contributed by atoms with van der Waals surface area (Å²) in [5.74, 6) is -0.428. The van der Waals surface area contributed by atoms with E-state index < -0.39 is 11.9 Å². The van der Waals surface area contributed by atoms with E-state index in [0.717, 1.165) is 25.2 Å². The lowest BCUT2D eigenvalue weighted by atomic mass is 9.99. The molecule has 0 unspecified atom stereocenters. The largest absolute Gasteiger partial charge is 0.481 e. The van der Waals surface area contributed by atoms with Gasteiger partial charge in [0.15, 0.2) is 0 Å². The number of aliphatic carboxylic acids is 1. The molecule has 0 fully saturated rings. The maximum absolute atomic E-state index is 11.0. The molecule has 0 aliphatic carbocycles. The molecule has 2 N–H and O–H groups in total. The van der Waals surface area contributed by atoms with Gasteiger partial charge in [0.2, 0.25) is 0 Å². The predicted molar refractivity (Wildman–Crippen MR) is 61.7 cm³/mol. The van der Waals surface area contributed by atoms with Gasteiger partial charge in [0, 0.05) is 6.54 Å². The average Bonchev–Trinajstić information content (AvgIpc) is 2.29. The SMILES string of the molecule is CC[C@@H](C(=O)O)c1ccc2c(n1)NCCC2. The monoisotopic (exact) mass is 220 g/mol. The zero-order valence-electron chi connectivity index (χ0n) is 9.36. The summed E-state index contributed by atoms with van der Waals surface area (Å²) >= 11 is 0. The average molecular weight is 220 g/mol. The molecule has 0 aromatic carbocycles. The number of aryl methyl sites for hydroxylation is 1. The first-order valence-electron chi connectivity index (χ1n) is 5.69. The van der Waals surface area contributed by atoms with Crippen LogP contribution in [0.1, 0.15) is 36.9 Å². The summed E-state index contributed by atoms with van der Waals surface area (Å²) in [6.45, 7) is 2.79. The van der Waals surface area contributed by atoms with E-state index in [4.69, 9.17) is 5.11 Å². The highest BCUT2D eigenvalue weighted by Gasteiger charge is 2.20. The molecule has 1 aliphatic heterocycles. The van der Waals surface area contributed by atoms with Crippen LogP contribution >= 0.6 is 0 Å². The molecule has 1 aromatic heterocycles. The van der Waals surface area contributed by atoms with Crippen LogP contribution in [0.25, 0.3) is 0 Å². The Morgan fingerprint density at radius 3 is 3.12 bits per heavy atom. The summed E-state index contributed by atoms with van der Waals surface area (Å²) in [4.78, 5) is 15.5. The molecule has 2 heterocycles. The van der Waals surface area contributed by atoms with Crippen molar-refractivity contribution < 1.29 is 9.90 Å². The van der Waals surface area contributed by atoms with Crippen molar-refractivity contribution in [1.29, 1.82) is 0 Å². The summed E-state index contributed by atoms with van der Waals surface area (Å²) in [5.41, 5.74) is 1.85. The molecular formula is C12H16N2O2. The van der Waals surface area contributed by atoms with Crippen LogP contribution < -0.4 is 5.32 Å². The summed E-state index contributed by atoms with van der Waals surface area (Å²) < 4.78 is 0. The molecule has 1 aromatic rings. The number of pyridine rings is 1. The number of anilines is 1. The van der Waals surface area contributed by atoms with Crippen LogP contribution in [0, 0.1) is 0 Å². The lowest BCUT2D eigenvalue weighted by molar-refractivity contribution is -0.138. The van der Waals surface area contributed by atoms with Crippen LogP contribution in [0.15, 0.2) is 12.1 Å². The summed E-state index contributed by atoms with van der Waals surface area (Å²) in [5, 5.41) is 12.3. The van der Waals surface area contributed by atoms with Crippen molar-refractivity contribution in [3.63, 3.8) is 0 Å². The predicted octanol–water partition coefficient (Wildman–Crippen LogP) is 2.02. The molecule has 1 atom stereocenters. The molecule has 0 amide bonds. The lowest BCUT2D eigenvalue weighted by Crippen LogP contribution is -2.17. The minimum atomic E-state index is -0.800. The van der Waals surface area contributed by atoms with E-state index in [0.29, 0.717) is 12.1 Å². The first-order chi connectivity index (χ1) is 7.72. The summed E-state index contributed by atoms with van der Waals surface area (Å²) in [7, 11) is 0. The third-order valence-electron chi connectivity index (χ3n) is 2.98. The van der Waals surface area contributed by atoms with Crippen LogP contribution in [0.2, 0.25) is 0 Å². The number of nitrogens with zero attached hydrogens (tertiary/aromatic N) is 1. The smallest absolute Gasteiger partial charge is 0.312 e. The minimum Gasteiger partial charge on any atom is -0.481 e. The van der Waals surface area contributed by atoms with E-state index in [2.05, 4.69) is 10.3 Å². The molecule has 0 radical (unpaired) electrons. The maximum Gasteiger partial charge on any atom is 0.312 e. The van der Waals surface area contributed by atoms with Gasteiger partial charge >= 0.3 is 5.97 Å². The first kappa shape index (κ1) is 10.9. The van der Waals surface area contributed by atoms with Gasteiger partial charge in [0.05, 0.1) is 11.6 Å². The van der Waals surface area contributed by atoms with Crippen molar-refractivity contribution in [3.05, 3.63) is 23.4 Å². The number of hydrogen-bond acceptors (Lipinski definition) is 3. The van der Waals surface area contributed by atoms with Crippen LogP contribution in [-0.2, 0) is 11.2 Å². The van der Waals surface area contributed by atoms with Crippen LogP contribution in [0.4, 0.5) is 5.82 Å². The molecule has 0 bridgehead atoms. The van der Waals surface area contributed by atoms with Crippen molar-refractivity contribution in [1.82, 2.24) is 4.98 Å². The Kier molecular flexibility index (Phi) is 3.08. The molecule has 0 spiro atoms. The van der Waals surface area contributed by atoms with Crippen LogP contribution in [-0.4, -0.2) is 22.6 Å². The molecule has 16 heavy (non-hydrogen) atoms. The molecule has 86 valence electrons. The van der Waals surface area contributed by atoms with E-state index in [9.17, 15) is 4.79 Å². The third-order valence-corrected chi connectivity index (χ3v) is 2.98. The molecule has 2 rings (SSSR count). The fourth-order valence-electron chi connectivity index (χ4n) is 2.05. The Morgan fingerprint density at radius 1 is 1.62 bits per heavy atom. The van der Waals surface area contributed by atoms with Gasteiger partial charge in [-0.25, -0.2) is 4.98 Å². The Morgan fingerprint density at radius 2 is 2.44 bits per heavy atom. The van der Waals surface area contributed by atoms with Gasteiger partial charge in [-0.1, -0.05) is 13.0 Å². The van der Waals surface area contributed by atoms with Gasteiger partial charge in [-0.3, -0.25) is 4.79 Å². The van der Waals surface area contributed by atoms with Gasteiger partial charge in [-0.15, -0.1) is 0 Å². The minimum absolute atomic E-state index is 0.492. The highest BCUT2D eigenvalue weighted by Crippen LogP contribution is 2.24. The zero-order chi connectivity index (χ0) is 11.5. The molecule has 0 saturated heterocycles. The number of carboxylic acids is 1. The maximum atomic E-state index is 11.0. The Balaban J connectivity index is 2.32. The third kappa shape index (κ3) is 2.01. The van der Waals surface area contributed by atoms with E-state index in [1.54, 1.807) is 0 Å². The first-order valence-corrected chi connectivity index (χ1v) is 5.69. The van der Waals surface area contributed by atoms with Crippen molar-refractivity contribution >= 4 is 11.8 Å². The number of aromatic nitrogens is 1. The number of nitrogens with one attached hydrogen (secondary N) is 1. The number of carboxylic acid groups (broad SMARTS) is 1. The second kappa shape index (κ2) is 4.51. The van der Waals surface area contributed by atoms with E-state index >= 15 is 0 Å². The lowest BCUT2D eigenvalue weighted by Gasteiger charge is -2.19. The second-order valence-electron chi connectivity index (χ2n) is 4.07. The fourth-order valence-corrected chi connectivity index (χ4v) is 2.05. The standard InChI is InChI=1S/C12H16N2O2/c1-2-9(12(15)16)10-6-5-8-4-3-7-13-11(8)14-10/h5-6,9H,2-4,7H2,1H3,(H,13,14)(H,15,16)/t9-/m1/s1. The second-order valence-corrected chi connectivity index (χ2v) is 4.07. The van der Waals surface area contributed by atoms with Gasteiger partial charge in [-0.05, 0) is 30.9 Å². The van der Waals surface area contributed by atoms with Gasteiger partial charge in [-0.2, -0.15) is 0 Å². The fraction of sp³-hybridized carbons (Fsp3) is 0.500.